The van der Waals surface area contributed by atoms with Crippen molar-refractivity contribution in [2.45, 2.75) is 39.2 Å². The van der Waals surface area contributed by atoms with E-state index in [4.69, 9.17) is 5.73 Å². The second kappa shape index (κ2) is 7.42. The molecule has 1 rings (SSSR count). The van der Waals surface area contributed by atoms with Crippen LogP contribution in [-0.2, 0) is 6.42 Å². The van der Waals surface area contributed by atoms with Gasteiger partial charge in [-0.2, -0.15) is 0 Å². The van der Waals surface area contributed by atoms with Gasteiger partial charge in [0.15, 0.2) is 0 Å². The van der Waals surface area contributed by atoms with E-state index in [1.165, 1.54) is 24.0 Å². The average molecular weight is 220 g/mol. The zero-order valence-electron chi connectivity index (χ0n) is 10.5. The highest BCUT2D eigenvalue weighted by molar-refractivity contribution is 5.24. The van der Waals surface area contributed by atoms with E-state index in [-0.39, 0.29) is 0 Å². The minimum absolute atomic E-state index is 0.419. The second-order valence-electron chi connectivity index (χ2n) is 4.31. The van der Waals surface area contributed by atoms with Gasteiger partial charge >= 0.3 is 0 Å². The van der Waals surface area contributed by atoms with Crippen LogP contribution in [0.3, 0.4) is 0 Å². The minimum atomic E-state index is 0.419. The predicted octanol–water partition coefficient (Wildman–Crippen LogP) is 2.64. The van der Waals surface area contributed by atoms with E-state index >= 15 is 0 Å². The first-order valence-corrected chi connectivity index (χ1v) is 6.30. The molecule has 3 N–H and O–H groups in total. The summed E-state index contributed by atoms with van der Waals surface area (Å²) in [7, 11) is 0. The first-order valence-electron chi connectivity index (χ1n) is 6.30. The Morgan fingerprint density at radius 1 is 1.25 bits per heavy atom. The molecule has 0 amide bonds. The fourth-order valence-corrected chi connectivity index (χ4v) is 1.80. The predicted molar refractivity (Wildman–Crippen MR) is 70.5 cm³/mol. The molecule has 0 aromatic heterocycles. The standard InChI is InChI=1S/C14H24N2/c1-3-5-13-6-8-14(9-7-13)12(2)16-11-4-10-15/h6-9,12,16H,3-5,10-11,15H2,1-2H3. The van der Waals surface area contributed by atoms with Gasteiger partial charge < -0.3 is 11.1 Å². The Morgan fingerprint density at radius 3 is 2.50 bits per heavy atom. The molecule has 0 aliphatic carbocycles. The molecule has 0 aliphatic rings. The summed E-state index contributed by atoms with van der Waals surface area (Å²) in [5.41, 5.74) is 8.26. The van der Waals surface area contributed by atoms with Crippen molar-refractivity contribution in [2.75, 3.05) is 13.1 Å². The van der Waals surface area contributed by atoms with Crippen molar-refractivity contribution in [2.24, 2.45) is 5.73 Å². The molecular weight excluding hydrogens is 196 g/mol. The number of nitrogens with two attached hydrogens (primary N) is 1. The van der Waals surface area contributed by atoms with Crippen molar-refractivity contribution in [3.05, 3.63) is 35.4 Å². The monoisotopic (exact) mass is 220 g/mol. The van der Waals surface area contributed by atoms with Crippen LogP contribution in [0.1, 0.15) is 43.9 Å². The van der Waals surface area contributed by atoms with Gasteiger partial charge in [-0.15, -0.1) is 0 Å². The maximum absolute atomic E-state index is 5.47. The molecular formula is C14H24N2. The lowest BCUT2D eigenvalue weighted by molar-refractivity contribution is 0.561. The van der Waals surface area contributed by atoms with Crippen LogP contribution >= 0.6 is 0 Å². The van der Waals surface area contributed by atoms with Gasteiger partial charge in [0, 0.05) is 6.04 Å². The van der Waals surface area contributed by atoms with Gasteiger partial charge in [-0.05, 0) is 44.0 Å². The molecule has 0 fully saturated rings. The Kier molecular flexibility index (Phi) is 6.12. The molecule has 90 valence electrons. The van der Waals surface area contributed by atoms with Crippen molar-refractivity contribution in [1.82, 2.24) is 5.32 Å². The van der Waals surface area contributed by atoms with E-state index < -0.39 is 0 Å². The molecule has 0 saturated carbocycles. The Hall–Kier alpha value is -0.860. The number of aryl methyl sites for hydroxylation is 1. The molecule has 0 spiro atoms. The third kappa shape index (κ3) is 4.33. The molecule has 0 heterocycles. The molecule has 1 aromatic rings. The smallest absolute Gasteiger partial charge is 0.0291 e. The summed E-state index contributed by atoms with van der Waals surface area (Å²) >= 11 is 0. The van der Waals surface area contributed by atoms with Gasteiger partial charge in [-0.3, -0.25) is 0 Å². The van der Waals surface area contributed by atoms with E-state index in [1.54, 1.807) is 0 Å². The van der Waals surface area contributed by atoms with Crippen molar-refractivity contribution in [3.63, 3.8) is 0 Å². The summed E-state index contributed by atoms with van der Waals surface area (Å²) in [6.07, 6.45) is 3.43. The van der Waals surface area contributed by atoms with E-state index in [0.717, 1.165) is 19.5 Å². The SMILES string of the molecule is CCCc1ccc(C(C)NCCCN)cc1. The van der Waals surface area contributed by atoms with Gasteiger partial charge in [0.25, 0.3) is 0 Å². The summed E-state index contributed by atoms with van der Waals surface area (Å²) < 4.78 is 0. The highest BCUT2D eigenvalue weighted by atomic mass is 14.9. The minimum Gasteiger partial charge on any atom is -0.330 e. The van der Waals surface area contributed by atoms with Crippen molar-refractivity contribution in [3.8, 4) is 0 Å². The van der Waals surface area contributed by atoms with Crippen molar-refractivity contribution in [1.29, 1.82) is 0 Å². The molecule has 1 aromatic carbocycles. The van der Waals surface area contributed by atoms with Gasteiger partial charge in [-0.25, -0.2) is 0 Å². The number of hydrogen-bond acceptors (Lipinski definition) is 2. The molecule has 1 atom stereocenters. The van der Waals surface area contributed by atoms with Crippen LogP contribution in [0.15, 0.2) is 24.3 Å². The summed E-state index contributed by atoms with van der Waals surface area (Å²) in [6, 6.07) is 9.35. The summed E-state index contributed by atoms with van der Waals surface area (Å²) in [4.78, 5) is 0. The second-order valence-corrected chi connectivity index (χ2v) is 4.31. The first kappa shape index (κ1) is 13.2. The van der Waals surface area contributed by atoms with Crippen molar-refractivity contribution >= 4 is 0 Å². The zero-order valence-corrected chi connectivity index (χ0v) is 10.5. The third-order valence-electron chi connectivity index (χ3n) is 2.85. The molecule has 0 aliphatic heterocycles. The number of benzene rings is 1. The average Bonchev–Trinajstić information content (AvgIpc) is 2.30. The van der Waals surface area contributed by atoms with Gasteiger partial charge in [-0.1, -0.05) is 37.6 Å². The van der Waals surface area contributed by atoms with Gasteiger partial charge in [0.1, 0.15) is 0 Å². The summed E-state index contributed by atoms with van der Waals surface area (Å²) in [5, 5.41) is 3.47. The Balaban J connectivity index is 2.46. The number of hydrogen-bond donors (Lipinski definition) is 2. The Bertz CT molecular complexity index is 279. The molecule has 0 bridgehead atoms. The third-order valence-corrected chi connectivity index (χ3v) is 2.85. The molecule has 2 heteroatoms. The largest absolute Gasteiger partial charge is 0.330 e. The molecule has 16 heavy (non-hydrogen) atoms. The summed E-state index contributed by atoms with van der Waals surface area (Å²) in [6.45, 7) is 6.17. The van der Waals surface area contributed by atoms with Crippen LogP contribution in [0.2, 0.25) is 0 Å². The van der Waals surface area contributed by atoms with Gasteiger partial charge in [0.05, 0.1) is 0 Å². The van der Waals surface area contributed by atoms with Gasteiger partial charge in [0.2, 0.25) is 0 Å². The fourth-order valence-electron chi connectivity index (χ4n) is 1.80. The van der Waals surface area contributed by atoms with E-state index in [0.29, 0.717) is 6.04 Å². The van der Waals surface area contributed by atoms with Crippen LogP contribution in [0.25, 0.3) is 0 Å². The Morgan fingerprint density at radius 2 is 1.94 bits per heavy atom. The highest BCUT2D eigenvalue weighted by Crippen LogP contribution is 2.14. The topological polar surface area (TPSA) is 38.0 Å². The lowest BCUT2D eigenvalue weighted by Crippen LogP contribution is -2.21. The van der Waals surface area contributed by atoms with E-state index in [1.807, 2.05) is 0 Å². The maximum atomic E-state index is 5.47. The number of rotatable bonds is 7. The van der Waals surface area contributed by atoms with Crippen LogP contribution in [0.4, 0.5) is 0 Å². The summed E-state index contributed by atoms with van der Waals surface area (Å²) in [5.74, 6) is 0. The van der Waals surface area contributed by atoms with Crippen LogP contribution in [0, 0.1) is 0 Å². The lowest BCUT2D eigenvalue weighted by Gasteiger charge is -2.14. The highest BCUT2D eigenvalue weighted by Gasteiger charge is 2.03. The Labute approximate surface area is 99.2 Å². The lowest BCUT2D eigenvalue weighted by atomic mass is 10.0. The quantitative estimate of drug-likeness (QED) is 0.693. The molecule has 0 radical (unpaired) electrons. The van der Waals surface area contributed by atoms with Crippen LogP contribution < -0.4 is 11.1 Å². The maximum Gasteiger partial charge on any atom is 0.0291 e. The zero-order chi connectivity index (χ0) is 11.8. The molecule has 0 saturated heterocycles. The normalized spacial score (nSPS) is 12.7. The van der Waals surface area contributed by atoms with Crippen LogP contribution in [-0.4, -0.2) is 13.1 Å². The van der Waals surface area contributed by atoms with E-state index in [2.05, 4.69) is 43.4 Å². The fraction of sp³-hybridized carbons (Fsp3) is 0.571. The van der Waals surface area contributed by atoms with Crippen molar-refractivity contribution < 1.29 is 0 Å². The first-order chi connectivity index (χ1) is 7.77. The molecule has 2 nitrogen and oxygen atoms in total. The van der Waals surface area contributed by atoms with Crippen LogP contribution in [0.5, 0.6) is 0 Å². The van der Waals surface area contributed by atoms with E-state index in [9.17, 15) is 0 Å². The number of nitrogens with one attached hydrogen (secondary N) is 1. The molecule has 1 unspecified atom stereocenters.